The first-order valence-corrected chi connectivity index (χ1v) is 8.73. The molecule has 0 aromatic heterocycles. The number of para-hydroxylation sites is 1. The maximum absolute atomic E-state index is 5.71. The summed E-state index contributed by atoms with van der Waals surface area (Å²) in [5, 5.41) is 10.3. The zero-order valence-electron chi connectivity index (χ0n) is 13.7. The molecule has 130 valence electrons. The van der Waals surface area contributed by atoms with Crippen LogP contribution < -0.4 is 20.7 Å². The van der Waals surface area contributed by atoms with Gasteiger partial charge < -0.3 is 25.4 Å². The van der Waals surface area contributed by atoms with Crippen LogP contribution in [0.25, 0.3) is 0 Å². The topological polar surface area (TPSA) is 54.5 Å². The number of rotatable bonds is 5. The summed E-state index contributed by atoms with van der Waals surface area (Å²) in [4.78, 5) is 0. The van der Waals surface area contributed by atoms with Crippen molar-refractivity contribution in [2.75, 3.05) is 23.8 Å². The van der Waals surface area contributed by atoms with Gasteiger partial charge in [0.05, 0.1) is 6.54 Å². The van der Waals surface area contributed by atoms with Gasteiger partial charge in [0.1, 0.15) is 12.4 Å². The van der Waals surface area contributed by atoms with Crippen LogP contribution >= 0.6 is 24.4 Å². The molecule has 2 aromatic rings. The number of hydrogen-bond acceptors (Lipinski definition) is 4. The molecule has 1 heterocycles. The van der Waals surface area contributed by atoms with E-state index < -0.39 is 0 Å². The van der Waals surface area contributed by atoms with Crippen LogP contribution in [-0.2, 0) is 4.74 Å². The Bertz CT molecular complexity index is 765. The Kier molecular flexibility index (Phi) is 5.67. The highest BCUT2D eigenvalue weighted by Crippen LogP contribution is 2.18. The number of thiocarbonyl (C=S) groups is 2. The molecular weight excluding hydrogens is 354 g/mol. The highest BCUT2D eigenvalue weighted by atomic mass is 32.1. The second kappa shape index (κ2) is 8.13. The minimum Gasteiger partial charge on any atom is -0.490 e. The van der Waals surface area contributed by atoms with Crippen LogP contribution in [0.15, 0.2) is 48.5 Å². The molecule has 7 heteroatoms. The van der Waals surface area contributed by atoms with Crippen LogP contribution in [0.2, 0.25) is 0 Å². The van der Waals surface area contributed by atoms with Crippen molar-refractivity contribution in [2.45, 2.75) is 13.0 Å². The molecular formula is C18H19N3O2S2. The molecule has 1 aliphatic rings. The molecule has 0 amide bonds. The van der Waals surface area contributed by atoms with Gasteiger partial charge in [-0.15, -0.1) is 0 Å². The zero-order valence-corrected chi connectivity index (χ0v) is 15.4. The first-order valence-electron chi connectivity index (χ1n) is 7.91. The molecule has 1 aliphatic heterocycles. The fourth-order valence-corrected chi connectivity index (χ4v) is 2.79. The summed E-state index contributed by atoms with van der Waals surface area (Å²) < 4.78 is 11.1. The predicted octanol–water partition coefficient (Wildman–Crippen LogP) is 3.46. The van der Waals surface area contributed by atoms with E-state index in [0.29, 0.717) is 23.4 Å². The zero-order chi connectivity index (χ0) is 17.6. The lowest BCUT2D eigenvalue weighted by molar-refractivity contribution is 0.150. The van der Waals surface area contributed by atoms with Crippen LogP contribution in [0, 0.1) is 6.92 Å². The fraction of sp³-hybridized carbons (Fsp3) is 0.222. The lowest BCUT2D eigenvalue weighted by Crippen LogP contribution is -2.22. The van der Waals surface area contributed by atoms with Crippen molar-refractivity contribution >= 4 is 46.1 Å². The van der Waals surface area contributed by atoms with Crippen molar-refractivity contribution in [3.05, 3.63) is 54.1 Å². The van der Waals surface area contributed by atoms with Gasteiger partial charge >= 0.3 is 0 Å². The first-order chi connectivity index (χ1) is 12.1. The highest BCUT2D eigenvalue weighted by molar-refractivity contribution is 7.80. The standard InChI is InChI=1S/C18H19N3O2S2/c1-12-4-2-3-5-16(12)21-17(24)20-13-6-8-14(9-7-13)22-11-15-10-19-18(25)23-15/h2-9,15H,10-11H2,1H3,(H,19,25)(H2,20,21,24). The van der Waals surface area contributed by atoms with Crippen molar-refractivity contribution in [3.63, 3.8) is 0 Å². The Labute approximate surface area is 157 Å². The Morgan fingerprint density at radius 2 is 1.96 bits per heavy atom. The van der Waals surface area contributed by atoms with Gasteiger partial charge in [-0.25, -0.2) is 0 Å². The fourth-order valence-electron chi connectivity index (χ4n) is 2.35. The average Bonchev–Trinajstić information content (AvgIpc) is 3.02. The van der Waals surface area contributed by atoms with Gasteiger partial charge in [-0.05, 0) is 67.3 Å². The number of aryl methyl sites for hydroxylation is 1. The number of ether oxygens (including phenoxy) is 2. The smallest absolute Gasteiger partial charge is 0.257 e. The van der Waals surface area contributed by atoms with Crippen LogP contribution in [0.1, 0.15) is 5.56 Å². The minimum absolute atomic E-state index is 0.0452. The van der Waals surface area contributed by atoms with Crippen molar-refractivity contribution in [1.29, 1.82) is 0 Å². The summed E-state index contributed by atoms with van der Waals surface area (Å²) in [6.45, 7) is 3.16. The molecule has 0 bridgehead atoms. The lowest BCUT2D eigenvalue weighted by atomic mass is 10.2. The second-order valence-electron chi connectivity index (χ2n) is 5.64. The van der Waals surface area contributed by atoms with Crippen LogP contribution in [0.3, 0.4) is 0 Å². The SMILES string of the molecule is Cc1ccccc1NC(=S)Nc1ccc(OCC2CNC(=S)O2)cc1. The third-order valence-electron chi connectivity index (χ3n) is 3.69. The molecule has 25 heavy (non-hydrogen) atoms. The summed E-state index contributed by atoms with van der Waals surface area (Å²) in [6.07, 6.45) is -0.0452. The van der Waals surface area contributed by atoms with Crippen LogP contribution in [0.4, 0.5) is 11.4 Å². The second-order valence-corrected chi connectivity index (χ2v) is 6.42. The predicted molar refractivity (Wildman–Crippen MR) is 108 cm³/mol. The van der Waals surface area contributed by atoms with Gasteiger partial charge in [-0.1, -0.05) is 18.2 Å². The molecule has 2 aromatic carbocycles. The Morgan fingerprint density at radius 3 is 2.64 bits per heavy atom. The maximum atomic E-state index is 5.71. The molecule has 0 radical (unpaired) electrons. The normalized spacial score (nSPS) is 15.9. The molecule has 1 saturated heterocycles. The molecule has 5 nitrogen and oxygen atoms in total. The van der Waals surface area contributed by atoms with E-state index in [0.717, 1.165) is 22.7 Å². The van der Waals surface area contributed by atoms with Crippen LogP contribution in [0.5, 0.6) is 5.75 Å². The summed E-state index contributed by atoms with van der Waals surface area (Å²) in [5.41, 5.74) is 3.01. The van der Waals surface area contributed by atoms with E-state index in [-0.39, 0.29) is 6.10 Å². The largest absolute Gasteiger partial charge is 0.490 e. The van der Waals surface area contributed by atoms with Gasteiger partial charge in [-0.3, -0.25) is 0 Å². The molecule has 0 spiro atoms. The Balaban J connectivity index is 1.49. The number of nitrogens with one attached hydrogen (secondary N) is 3. The minimum atomic E-state index is -0.0452. The Morgan fingerprint density at radius 1 is 1.20 bits per heavy atom. The van der Waals surface area contributed by atoms with E-state index in [1.54, 1.807) is 0 Å². The molecule has 1 fully saturated rings. The molecule has 1 unspecified atom stereocenters. The molecule has 0 saturated carbocycles. The van der Waals surface area contributed by atoms with E-state index >= 15 is 0 Å². The molecule has 3 rings (SSSR count). The molecule has 3 N–H and O–H groups in total. The van der Waals surface area contributed by atoms with E-state index in [9.17, 15) is 0 Å². The van der Waals surface area contributed by atoms with E-state index in [2.05, 4.69) is 16.0 Å². The summed E-state index contributed by atoms with van der Waals surface area (Å²) in [7, 11) is 0. The van der Waals surface area contributed by atoms with Gasteiger partial charge in [0.25, 0.3) is 5.17 Å². The van der Waals surface area contributed by atoms with Crippen LogP contribution in [-0.4, -0.2) is 29.5 Å². The summed E-state index contributed by atoms with van der Waals surface area (Å²) in [6, 6.07) is 15.6. The van der Waals surface area contributed by atoms with Crippen molar-refractivity contribution in [1.82, 2.24) is 5.32 Å². The third-order valence-corrected chi connectivity index (χ3v) is 4.13. The highest BCUT2D eigenvalue weighted by Gasteiger charge is 2.20. The maximum Gasteiger partial charge on any atom is 0.257 e. The lowest BCUT2D eigenvalue weighted by Gasteiger charge is -2.13. The van der Waals surface area contributed by atoms with Crippen molar-refractivity contribution < 1.29 is 9.47 Å². The van der Waals surface area contributed by atoms with E-state index in [1.165, 1.54) is 0 Å². The van der Waals surface area contributed by atoms with Gasteiger partial charge in [-0.2, -0.15) is 0 Å². The monoisotopic (exact) mass is 373 g/mol. The van der Waals surface area contributed by atoms with Crippen molar-refractivity contribution in [2.24, 2.45) is 0 Å². The third kappa shape index (κ3) is 5.04. The Hall–Kier alpha value is -2.38. The quantitative estimate of drug-likeness (QED) is 0.694. The van der Waals surface area contributed by atoms with E-state index in [4.69, 9.17) is 33.9 Å². The molecule has 1 atom stereocenters. The van der Waals surface area contributed by atoms with E-state index in [1.807, 2.05) is 55.5 Å². The number of hydrogen-bond donors (Lipinski definition) is 3. The number of benzene rings is 2. The van der Waals surface area contributed by atoms with Gasteiger partial charge in [0, 0.05) is 11.4 Å². The van der Waals surface area contributed by atoms with Crippen molar-refractivity contribution in [3.8, 4) is 5.75 Å². The summed E-state index contributed by atoms with van der Waals surface area (Å²) in [5.74, 6) is 0.768. The summed E-state index contributed by atoms with van der Waals surface area (Å²) >= 11 is 10.3. The number of anilines is 2. The van der Waals surface area contributed by atoms with Gasteiger partial charge in [0.15, 0.2) is 11.2 Å². The molecule has 0 aliphatic carbocycles. The average molecular weight is 374 g/mol. The van der Waals surface area contributed by atoms with Gasteiger partial charge in [0.2, 0.25) is 0 Å². The first kappa shape index (κ1) is 17.4.